The van der Waals surface area contributed by atoms with Gasteiger partial charge in [-0.25, -0.2) is 0 Å². The lowest BCUT2D eigenvalue weighted by Crippen LogP contribution is -2.65. The van der Waals surface area contributed by atoms with Crippen molar-refractivity contribution >= 4 is 153 Å². The smallest absolute Gasteiger partial charge is 0.246 e. The van der Waals surface area contributed by atoms with Gasteiger partial charge in [0.25, 0.3) is 0 Å². The summed E-state index contributed by atoms with van der Waals surface area (Å²) < 4.78 is 0. The minimum absolute atomic E-state index is 0.00685. The summed E-state index contributed by atoms with van der Waals surface area (Å²) in [6, 6.07) is -9.53. The molecule has 4 rings (SSSR count). The Morgan fingerprint density at radius 3 is 1.37 bits per heavy atom. The van der Waals surface area contributed by atoms with E-state index in [0.717, 1.165) is 13.8 Å². The number of para-hydroxylation sites is 1. The van der Waals surface area contributed by atoms with Crippen molar-refractivity contribution in [2.45, 2.75) is 338 Å². The van der Waals surface area contributed by atoms with E-state index < -0.39 is 320 Å². The zero-order valence-electron chi connectivity index (χ0n) is 86.5. The number of aliphatic hydroxyl groups is 2. The maximum absolute atomic E-state index is 15.7. The number of hydrogen-bond acceptors (Lipinski definition) is 26. The highest BCUT2D eigenvalue weighted by Gasteiger charge is 2.45. The number of primary amides is 7. The van der Waals surface area contributed by atoms with Crippen molar-refractivity contribution in [3.05, 3.63) is 84.1 Å². The molecule has 2 heterocycles. The lowest BCUT2D eigenvalue weighted by molar-refractivity contribution is -0.139. The summed E-state index contributed by atoms with van der Waals surface area (Å²) in [4.78, 5) is 325. The standard InChI is InChI=1S/C98H153N27O25/c1-51(2)42-66-86(141)117-68(44-53(5)6)91(146)124-97(9,94(149)121-64(34-38-76(102)132)84(139)114-65(80(105)135)47-77(103)133)39-23-16-14-12-11-13-15-17-24-40-98(10,95(150)122-71(48-78(104)134)89(144)116-67(43-52(3)4)87(142)118-70(46-57-49-109-59-29-22-21-28-58(57)59)88(143)111-60(81(136)115-66)30-25-41-108-96(106)107)125-92(147)69(45-56-26-19-18-20-27-56)119-93(148)79(54(7)127)123-85(140)63(33-37-75(101)131)112-83(138)62(32-36-74(100)130)113-90(145)72(50-126)120-82(137)61(110-55(8)128)31-35-73(99)129/h12,14,18-22,26-29,49,51-54,60-72,79,109,126-127H,11,13,15-17,23-25,30-48,50H2,1-10H3,(H2,99,129)(H2,100,130)(H2,101,131)(H2,102,132)(H2,103,133)(H2,104,134)(H2,105,135)(H,110,128)(H,111,143)(H,112,138)(H,113,145)(H,114,139)(H,115,136)(H,116,144)(H,117,141)(H,118,142)(H,119,148)(H,120,137)(H,121,149)(H,122,150)(H,123,140)(H,124,146)(H,125,147)(H4,106,107,108)/b14-12+/t54-,60+,61+,62+,63+,64+,65+,66+,67+,68+,69+,70+,71+,72+,79+,97-,98+/m1/s1. The molecule has 1 aliphatic rings. The molecule has 0 unspecified atom stereocenters. The Bertz CT molecular complexity index is 5250. The zero-order valence-corrected chi connectivity index (χ0v) is 86.5. The van der Waals surface area contributed by atoms with Gasteiger partial charge in [-0.05, 0) is 152 Å². The second-order valence-corrected chi connectivity index (χ2v) is 39.2. The van der Waals surface area contributed by atoms with E-state index in [-0.39, 0.29) is 95.4 Å². The monoisotopic (exact) mass is 2110 g/mol. The molecule has 0 radical (unpaired) electrons. The average Bonchev–Trinajstić information content (AvgIpc) is 1.48. The number of H-pyrrole nitrogens is 1. The number of benzene rings is 2. The summed E-state index contributed by atoms with van der Waals surface area (Å²) in [5, 5.41) is 73.2. The highest BCUT2D eigenvalue weighted by Crippen LogP contribution is 2.25. The molecule has 1 aromatic heterocycles. The van der Waals surface area contributed by atoms with Gasteiger partial charge in [-0.15, -0.1) is 0 Å². The summed E-state index contributed by atoms with van der Waals surface area (Å²) >= 11 is 0. The van der Waals surface area contributed by atoms with E-state index in [2.05, 4.69) is 95.4 Å². The number of aromatic amines is 1. The van der Waals surface area contributed by atoms with E-state index in [1.807, 2.05) is 6.08 Å². The van der Waals surface area contributed by atoms with Crippen LogP contribution in [0.15, 0.2) is 72.9 Å². The van der Waals surface area contributed by atoms with Crippen LogP contribution in [0.3, 0.4) is 0 Å². The quantitative estimate of drug-likeness (QED) is 0.0108. The normalized spacial score (nSPS) is 20.8. The average molecular weight is 2110 g/mol. The number of rotatable bonds is 50. The van der Waals surface area contributed by atoms with Crippen LogP contribution >= 0.6 is 0 Å². The lowest BCUT2D eigenvalue weighted by Gasteiger charge is -2.34. The molecule has 52 nitrogen and oxygen atoms in total. The van der Waals surface area contributed by atoms with E-state index in [0.29, 0.717) is 47.7 Å². The van der Waals surface area contributed by atoms with Crippen LogP contribution in [-0.2, 0) is 123 Å². The van der Waals surface area contributed by atoms with Gasteiger partial charge >= 0.3 is 0 Å². The van der Waals surface area contributed by atoms with E-state index in [1.54, 1.807) is 108 Å². The van der Waals surface area contributed by atoms with E-state index in [4.69, 9.17) is 51.3 Å². The summed E-state index contributed by atoms with van der Waals surface area (Å²) in [6.45, 7) is 13.8. The largest absolute Gasteiger partial charge is 0.394 e. The third kappa shape index (κ3) is 46.0. The fourth-order valence-electron chi connectivity index (χ4n) is 16.3. The molecule has 0 saturated carbocycles. The molecule has 0 aliphatic carbocycles. The summed E-state index contributed by atoms with van der Waals surface area (Å²) in [7, 11) is 0. The zero-order chi connectivity index (χ0) is 113. The molecule has 150 heavy (non-hydrogen) atoms. The molecule has 17 atom stereocenters. The van der Waals surface area contributed by atoms with Crippen LogP contribution < -0.4 is 136 Å². The Morgan fingerprint density at radius 1 is 0.447 bits per heavy atom. The maximum atomic E-state index is 15.7. The molecule has 0 saturated heterocycles. The molecule has 0 fully saturated rings. The van der Waals surface area contributed by atoms with Gasteiger partial charge in [-0.2, -0.15) is 0 Å². The molecule has 0 bridgehead atoms. The van der Waals surface area contributed by atoms with E-state index in [1.165, 1.54) is 13.8 Å². The van der Waals surface area contributed by atoms with E-state index in [9.17, 15) is 72.5 Å². The molecule has 830 valence electrons. The van der Waals surface area contributed by atoms with Crippen LogP contribution in [0, 0.1) is 23.2 Å². The SMILES string of the molecule is CC(=O)N[C@@H](CCC(N)=O)C(=O)N[C@@H](CO)C(=O)N[C@@H](CCC(N)=O)C(=O)N[C@@H](CCC(N)=O)C(=O)N[C@H](C(=O)N[C@@H](Cc1ccccc1)C(=O)N[C@@]1(C)CCCCCC/C=C/CCC[C@](C)(C(=O)N[C@@H](CCC(N)=O)C(=O)N[C@@H](CC(N)=O)C(N)=O)NC(=O)[C@H](CC(C)C)NC(=O)[C@H](CC(C)C)NC(=O)[C@H](CCCNC(=N)N)NC(=O)[C@H](Cc2c[nH]c3ccccc23)NC(=O)[C@H](CC(C)C)NC(=O)[C@H](CC(N)=O)NC1=O)[C@@H](C)O. The van der Waals surface area contributed by atoms with Crippen molar-refractivity contribution in [2.75, 3.05) is 13.2 Å². The van der Waals surface area contributed by atoms with Crippen LogP contribution in [0.25, 0.3) is 10.9 Å². The highest BCUT2D eigenvalue weighted by atomic mass is 16.3. The number of allylic oxidation sites excluding steroid dienone is 2. The molecular weight excluding hydrogens is 1960 g/mol. The van der Waals surface area contributed by atoms with Gasteiger partial charge in [0, 0.05) is 69.1 Å². The molecule has 1 aliphatic heterocycles. The number of amides is 23. The summed E-state index contributed by atoms with van der Waals surface area (Å²) in [5.74, 6) is -26.4. The first-order valence-corrected chi connectivity index (χ1v) is 49.9. The number of fused-ring (bicyclic) bond motifs is 1. The number of hydrogen-bond donors (Lipinski definition) is 29. The number of aliphatic hydroxyl groups excluding tert-OH is 2. The van der Waals surface area contributed by atoms with Crippen molar-refractivity contribution in [1.82, 2.24) is 95.4 Å². The van der Waals surface area contributed by atoms with Crippen LogP contribution in [-0.4, -0.2) is 272 Å². The van der Waals surface area contributed by atoms with Crippen molar-refractivity contribution in [1.29, 1.82) is 5.41 Å². The Kier molecular flexibility index (Phi) is 53.7. The minimum Gasteiger partial charge on any atom is -0.394 e. The van der Waals surface area contributed by atoms with Gasteiger partial charge in [-0.3, -0.25) is 116 Å². The van der Waals surface area contributed by atoms with Gasteiger partial charge < -0.3 is 151 Å². The van der Waals surface area contributed by atoms with Crippen LogP contribution in [0.4, 0.5) is 0 Å². The van der Waals surface area contributed by atoms with Crippen LogP contribution in [0.5, 0.6) is 0 Å². The molecule has 52 heteroatoms. The number of carbonyl (C=O) groups is 23. The van der Waals surface area contributed by atoms with E-state index >= 15 is 47.9 Å². The number of nitrogens with two attached hydrogens (primary N) is 8. The van der Waals surface area contributed by atoms with Crippen molar-refractivity contribution in [3.63, 3.8) is 0 Å². The topological polar surface area (TPSA) is 885 Å². The molecule has 2 aromatic carbocycles. The molecule has 0 spiro atoms. The van der Waals surface area contributed by atoms with Gasteiger partial charge in [0.2, 0.25) is 136 Å². The van der Waals surface area contributed by atoms with Gasteiger partial charge in [0.15, 0.2) is 5.96 Å². The Hall–Kier alpha value is -15.3. The second kappa shape index (κ2) is 63.4. The molecular formula is C98H153N27O25. The van der Waals surface area contributed by atoms with Crippen molar-refractivity contribution in [3.8, 4) is 0 Å². The first kappa shape index (κ1) is 127. The molecule has 23 amide bonds. The number of nitrogens with one attached hydrogen (secondary N) is 19. The van der Waals surface area contributed by atoms with Crippen LogP contribution in [0.2, 0.25) is 0 Å². The summed E-state index contributed by atoms with van der Waals surface area (Å²) in [6.07, 6.45) is -2.80. The Morgan fingerprint density at radius 2 is 0.880 bits per heavy atom. The van der Waals surface area contributed by atoms with Gasteiger partial charge in [0.1, 0.15) is 95.7 Å². The number of carbonyl (C=O) groups excluding carboxylic acids is 23. The van der Waals surface area contributed by atoms with Crippen molar-refractivity contribution in [2.24, 2.45) is 63.6 Å². The molecule has 37 N–H and O–H groups in total. The fourth-order valence-corrected chi connectivity index (χ4v) is 16.3. The first-order chi connectivity index (χ1) is 70.4. The third-order valence-corrected chi connectivity index (χ3v) is 24.4. The third-order valence-electron chi connectivity index (χ3n) is 24.4. The maximum Gasteiger partial charge on any atom is 0.246 e. The fraction of sp³-hybridized carbons (Fsp3) is 0.592. The predicted molar refractivity (Wildman–Crippen MR) is 545 cm³/mol. The molecule has 3 aromatic rings. The number of aromatic nitrogens is 1. The number of guanidine groups is 1. The first-order valence-electron chi connectivity index (χ1n) is 49.9. The van der Waals surface area contributed by atoms with Gasteiger partial charge in [0.05, 0.1) is 25.6 Å². The Labute approximate surface area is 868 Å². The van der Waals surface area contributed by atoms with Crippen LogP contribution in [0.1, 0.15) is 234 Å². The van der Waals surface area contributed by atoms with Crippen molar-refractivity contribution < 1.29 is 120 Å². The second-order valence-electron chi connectivity index (χ2n) is 39.2. The predicted octanol–water partition coefficient (Wildman–Crippen LogP) is -6.34. The highest BCUT2D eigenvalue weighted by molar-refractivity contribution is 6.04. The Balaban J connectivity index is 1.96. The summed E-state index contributed by atoms with van der Waals surface area (Å²) in [5.41, 5.74) is 41.3. The van der Waals surface area contributed by atoms with Gasteiger partial charge in [-0.1, -0.05) is 121 Å². The lowest BCUT2D eigenvalue weighted by atomic mass is 9.91. The minimum atomic E-state index is -2.21.